The van der Waals surface area contributed by atoms with Gasteiger partial charge in [0.05, 0.1) is 13.7 Å². The molecule has 0 aliphatic carbocycles. The highest BCUT2D eigenvalue weighted by atomic mass is 79.9. The number of halogens is 1. The predicted octanol–water partition coefficient (Wildman–Crippen LogP) is -0.269. The van der Waals surface area contributed by atoms with Gasteiger partial charge >= 0.3 is 0 Å². The van der Waals surface area contributed by atoms with Crippen LogP contribution in [0.2, 0.25) is 0 Å². The van der Waals surface area contributed by atoms with Crippen molar-refractivity contribution in [3.05, 3.63) is 48.0 Å². The fourth-order valence-electron chi connectivity index (χ4n) is 4.45. The minimum atomic E-state index is -1.16. The second-order valence-electron chi connectivity index (χ2n) is 7.50. The molecule has 3 heterocycles. The second kappa shape index (κ2) is 7.88. The van der Waals surface area contributed by atoms with Crippen molar-refractivity contribution in [1.82, 2.24) is 0 Å². The maximum atomic E-state index is 12.0. The highest BCUT2D eigenvalue weighted by Gasteiger charge is 2.54. The van der Waals surface area contributed by atoms with E-state index in [1.807, 2.05) is 42.5 Å². The van der Waals surface area contributed by atoms with Gasteiger partial charge in [0, 0.05) is 12.0 Å². The Labute approximate surface area is 181 Å². The number of hydrogen-bond donors (Lipinski definition) is 1. The van der Waals surface area contributed by atoms with E-state index in [1.165, 1.54) is 5.84 Å². The maximum Gasteiger partial charge on any atom is 0.275 e. The summed E-state index contributed by atoms with van der Waals surface area (Å²) < 4.78 is 19.0. The molecule has 0 radical (unpaired) electrons. The number of rotatable bonds is 3. The number of anilines is 1. The number of amidine groups is 1. The number of hydrogen-bond acceptors (Lipinski definition) is 5. The van der Waals surface area contributed by atoms with Gasteiger partial charge in [0.1, 0.15) is 24.7 Å². The Bertz CT molecular complexity index is 931. The molecular weight excluding hydrogens is 436 g/mol. The minimum absolute atomic E-state index is 0. The van der Waals surface area contributed by atoms with E-state index < -0.39 is 5.72 Å². The quantitative estimate of drug-likeness (QED) is 0.639. The van der Waals surface area contributed by atoms with Crippen LogP contribution in [0.4, 0.5) is 5.69 Å². The fourth-order valence-corrected chi connectivity index (χ4v) is 4.45. The summed E-state index contributed by atoms with van der Waals surface area (Å²) in [6.45, 7) is 2.59. The van der Waals surface area contributed by atoms with Crippen LogP contribution < -0.4 is 36.1 Å². The first-order valence-electron chi connectivity index (χ1n) is 9.86. The molecule has 0 saturated carbocycles. The van der Waals surface area contributed by atoms with E-state index in [0.717, 1.165) is 48.6 Å². The molecular formula is C22H25BrN2O4. The molecule has 6 nitrogen and oxygen atoms in total. The molecule has 0 amide bonds. The number of fused-ring (bicyclic) bond motifs is 1. The van der Waals surface area contributed by atoms with Crippen LogP contribution in [0.3, 0.4) is 0 Å². The molecule has 2 aromatic rings. The van der Waals surface area contributed by atoms with E-state index in [-0.39, 0.29) is 17.0 Å². The molecule has 1 unspecified atom stereocenters. The van der Waals surface area contributed by atoms with Crippen LogP contribution in [-0.4, -0.2) is 48.9 Å². The van der Waals surface area contributed by atoms with Gasteiger partial charge in [-0.1, -0.05) is 0 Å². The third-order valence-electron chi connectivity index (χ3n) is 5.82. The summed E-state index contributed by atoms with van der Waals surface area (Å²) in [4.78, 5) is 2.08. The lowest BCUT2D eigenvalue weighted by molar-refractivity contribution is -0.538. The standard InChI is InChI=1S/C22H25N2O4.BrH/c1-26-18-8-6-17(7-9-18)24-21-4-2-3-11-23(21)15-22(24,25)16-5-10-19-20(14-16)28-13-12-27-19;/h5-10,14,25H,2-4,11-13,15H2,1H3;1H/q+1;/p-1. The zero-order chi connectivity index (χ0) is 19.1. The number of benzene rings is 2. The van der Waals surface area contributed by atoms with Crippen molar-refractivity contribution in [2.45, 2.75) is 25.0 Å². The van der Waals surface area contributed by atoms with Crippen LogP contribution in [0.15, 0.2) is 42.5 Å². The molecule has 0 spiro atoms. The first kappa shape index (κ1) is 20.0. The van der Waals surface area contributed by atoms with Crippen LogP contribution in [-0.2, 0) is 5.72 Å². The SMILES string of the molecule is COc1ccc(N2C3=[N+](CCCC3)CC2(O)c2ccc3c(c2)OCCO3)cc1.[Br-]. The van der Waals surface area contributed by atoms with Crippen molar-refractivity contribution in [1.29, 1.82) is 0 Å². The van der Waals surface area contributed by atoms with Crippen molar-refractivity contribution in [2.24, 2.45) is 0 Å². The molecule has 5 rings (SSSR count). The summed E-state index contributed by atoms with van der Waals surface area (Å²) in [5, 5.41) is 12.0. The van der Waals surface area contributed by atoms with Gasteiger partial charge in [0.25, 0.3) is 11.6 Å². The summed E-state index contributed by atoms with van der Waals surface area (Å²) in [6.07, 6.45) is 3.24. The summed E-state index contributed by atoms with van der Waals surface area (Å²) in [5.74, 6) is 3.41. The highest BCUT2D eigenvalue weighted by molar-refractivity contribution is 5.97. The summed E-state index contributed by atoms with van der Waals surface area (Å²) in [7, 11) is 1.66. The van der Waals surface area contributed by atoms with Crippen molar-refractivity contribution >= 4 is 11.5 Å². The van der Waals surface area contributed by atoms with E-state index in [1.54, 1.807) is 7.11 Å². The highest BCUT2D eigenvalue weighted by Crippen LogP contribution is 2.41. The van der Waals surface area contributed by atoms with Crippen LogP contribution in [0.25, 0.3) is 0 Å². The van der Waals surface area contributed by atoms with Gasteiger partial charge < -0.3 is 36.3 Å². The van der Waals surface area contributed by atoms with Gasteiger partial charge in [0.2, 0.25) is 0 Å². The van der Waals surface area contributed by atoms with Crippen LogP contribution in [0.5, 0.6) is 17.2 Å². The molecule has 1 atom stereocenters. The normalized spacial score (nSPS) is 22.8. The van der Waals surface area contributed by atoms with Gasteiger partial charge in [-0.25, -0.2) is 0 Å². The van der Waals surface area contributed by atoms with E-state index in [4.69, 9.17) is 14.2 Å². The van der Waals surface area contributed by atoms with Crippen molar-refractivity contribution in [3.63, 3.8) is 0 Å². The lowest BCUT2D eigenvalue weighted by Gasteiger charge is -2.30. The Morgan fingerprint density at radius 1 is 1.03 bits per heavy atom. The summed E-state index contributed by atoms with van der Waals surface area (Å²) in [6, 6.07) is 13.7. The number of nitrogens with zero attached hydrogens (tertiary/aromatic N) is 2. The second-order valence-corrected chi connectivity index (χ2v) is 7.50. The predicted molar refractivity (Wildman–Crippen MR) is 106 cm³/mol. The molecule has 0 fully saturated rings. The lowest BCUT2D eigenvalue weighted by atomic mass is 9.99. The van der Waals surface area contributed by atoms with Crippen LogP contribution in [0, 0.1) is 0 Å². The monoisotopic (exact) mass is 460 g/mol. The molecule has 154 valence electrons. The Morgan fingerprint density at radius 3 is 2.55 bits per heavy atom. The fraction of sp³-hybridized carbons (Fsp3) is 0.409. The van der Waals surface area contributed by atoms with E-state index >= 15 is 0 Å². The van der Waals surface area contributed by atoms with Gasteiger partial charge in [0.15, 0.2) is 18.0 Å². The molecule has 3 aliphatic rings. The molecule has 0 saturated heterocycles. The third-order valence-corrected chi connectivity index (χ3v) is 5.82. The van der Waals surface area contributed by atoms with Gasteiger partial charge in [-0.3, -0.25) is 4.58 Å². The van der Waals surface area contributed by atoms with Crippen molar-refractivity contribution in [3.8, 4) is 17.2 Å². The third kappa shape index (κ3) is 3.36. The average molecular weight is 461 g/mol. The molecule has 2 aromatic carbocycles. The average Bonchev–Trinajstić information content (AvgIpc) is 3.06. The number of ether oxygens (including phenoxy) is 3. The van der Waals surface area contributed by atoms with E-state index in [2.05, 4.69) is 9.48 Å². The maximum absolute atomic E-state index is 12.0. The Morgan fingerprint density at radius 2 is 1.79 bits per heavy atom. The molecule has 7 heteroatoms. The first-order chi connectivity index (χ1) is 13.7. The van der Waals surface area contributed by atoms with E-state index in [0.29, 0.717) is 25.5 Å². The van der Waals surface area contributed by atoms with Gasteiger partial charge in [-0.05, 0) is 55.3 Å². The van der Waals surface area contributed by atoms with Crippen molar-refractivity contribution in [2.75, 3.05) is 38.3 Å². The summed E-state index contributed by atoms with van der Waals surface area (Å²) >= 11 is 0. The van der Waals surface area contributed by atoms with Gasteiger partial charge in [-0.2, -0.15) is 4.90 Å². The topological polar surface area (TPSA) is 54.2 Å². The van der Waals surface area contributed by atoms with Gasteiger partial charge in [-0.15, -0.1) is 0 Å². The van der Waals surface area contributed by atoms with Crippen LogP contribution in [0.1, 0.15) is 24.8 Å². The van der Waals surface area contributed by atoms with Crippen LogP contribution >= 0.6 is 0 Å². The Kier molecular flexibility index (Phi) is 5.44. The first-order valence-corrected chi connectivity index (χ1v) is 9.86. The molecule has 29 heavy (non-hydrogen) atoms. The molecule has 0 aromatic heterocycles. The Hall–Kier alpha value is -2.25. The Balaban J connectivity index is 0.00000205. The number of aliphatic hydroxyl groups is 1. The largest absolute Gasteiger partial charge is 1.00 e. The number of methoxy groups -OCH3 is 1. The summed E-state index contributed by atoms with van der Waals surface area (Å²) in [5.41, 5.74) is 0.608. The molecule has 3 aliphatic heterocycles. The molecule has 1 N–H and O–H groups in total. The smallest absolute Gasteiger partial charge is 0.275 e. The van der Waals surface area contributed by atoms with E-state index in [9.17, 15) is 5.11 Å². The van der Waals surface area contributed by atoms with Crippen molar-refractivity contribution < 1.29 is 40.9 Å². The molecule has 0 bridgehead atoms. The zero-order valence-corrected chi connectivity index (χ0v) is 18.0. The minimum Gasteiger partial charge on any atom is -1.00 e. The lowest BCUT2D eigenvalue weighted by Crippen LogP contribution is -3.00. The zero-order valence-electron chi connectivity index (χ0n) is 16.4.